The van der Waals surface area contributed by atoms with Crippen molar-refractivity contribution >= 4 is 27.5 Å². The van der Waals surface area contributed by atoms with E-state index in [0.29, 0.717) is 0 Å². The van der Waals surface area contributed by atoms with Gasteiger partial charge in [0, 0.05) is 5.69 Å². The molecule has 0 spiro atoms. The van der Waals surface area contributed by atoms with E-state index in [-0.39, 0.29) is 5.69 Å². The Morgan fingerprint density at radius 3 is 1.96 bits per heavy atom. The standard InChI is InChI=1S/C15H10F4N2O4S/c16-10-2-1-3-11(17)12(10)13(22)21-15(23)20-8-4-6-9(7-5-8)26(24,25)14(18)19/h1-7,14H,(H2,20,21,22,23). The molecule has 0 aliphatic carbocycles. The highest BCUT2D eigenvalue weighted by molar-refractivity contribution is 7.91. The molecule has 0 aliphatic heterocycles. The molecule has 2 N–H and O–H groups in total. The molecule has 2 rings (SSSR count). The molecule has 0 aliphatic rings. The Kier molecular flexibility index (Phi) is 5.60. The van der Waals surface area contributed by atoms with Gasteiger partial charge in [0.1, 0.15) is 17.2 Å². The maximum absolute atomic E-state index is 13.4. The number of nitrogens with one attached hydrogen (secondary N) is 2. The van der Waals surface area contributed by atoms with Crippen LogP contribution in [0.15, 0.2) is 47.4 Å². The van der Waals surface area contributed by atoms with Crippen LogP contribution in [0, 0.1) is 11.6 Å². The first kappa shape index (κ1) is 19.4. The van der Waals surface area contributed by atoms with Crippen molar-refractivity contribution in [3.05, 3.63) is 59.7 Å². The first-order chi connectivity index (χ1) is 12.1. The quantitative estimate of drug-likeness (QED) is 0.786. The fourth-order valence-corrected chi connectivity index (χ4v) is 2.59. The summed E-state index contributed by atoms with van der Waals surface area (Å²) in [5.41, 5.74) is -1.00. The number of rotatable bonds is 4. The number of hydrogen-bond donors (Lipinski definition) is 2. The number of alkyl halides is 2. The third kappa shape index (κ3) is 4.17. The lowest BCUT2D eigenvalue weighted by molar-refractivity contribution is 0.0959. The first-order valence-corrected chi connectivity index (χ1v) is 8.36. The molecule has 26 heavy (non-hydrogen) atoms. The number of anilines is 1. The van der Waals surface area contributed by atoms with Gasteiger partial charge in [0.25, 0.3) is 5.91 Å². The molecule has 0 saturated carbocycles. The normalized spacial score (nSPS) is 11.3. The summed E-state index contributed by atoms with van der Waals surface area (Å²) in [6, 6.07) is 5.20. The Balaban J connectivity index is 2.08. The van der Waals surface area contributed by atoms with E-state index < -0.39 is 49.6 Å². The smallest absolute Gasteiger partial charge is 0.308 e. The van der Waals surface area contributed by atoms with Crippen molar-refractivity contribution in [1.29, 1.82) is 0 Å². The number of amides is 3. The monoisotopic (exact) mass is 390 g/mol. The van der Waals surface area contributed by atoms with Gasteiger partial charge in [0.05, 0.1) is 4.90 Å². The van der Waals surface area contributed by atoms with Gasteiger partial charge in [0.2, 0.25) is 9.84 Å². The van der Waals surface area contributed by atoms with E-state index in [4.69, 9.17) is 0 Å². The third-order valence-corrected chi connectivity index (χ3v) is 4.49. The Morgan fingerprint density at radius 2 is 1.46 bits per heavy atom. The number of hydrogen-bond acceptors (Lipinski definition) is 4. The average Bonchev–Trinajstić information content (AvgIpc) is 2.54. The predicted molar refractivity (Wildman–Crippen MR) is 82.5 cm³/mol. The highest BCUT2D eigenvalue weighted by atomic mass is 32.2. The van der Waals surface area contributed by atoms with E-state index in [1.807, 2.05) is 0 Å². The second kappa shape index (κ2) is 7.52. The largest absolute Gasteiger partial charge is 0.341 e. The maximum atomic E-state index is 13.4. The Labute approximate surface area is 144 Å². The zero-order chi connectivity index (χ0) is 19.5. The summed E-state index contributed by atoms with van der Waals surface area (Å²) in [6.45, 7) is 0. The molecule has 2 aromatic rings. The second-order valence-electron chi connectivity index (χ2n) is 4.83. The van der Waals surface area contributed by atoms with Gasteiger partial charge < -0.3 is 5.32 Å². The summed E-state index contributed by atoms with van der Waals surface area (Å²) in [5, 5.41) is 3.77. The van der Waals surface area contributed by atoms with Crippen LogP contribution in [-0.2, 0) is 9.84 Å². The molecule has 2 aromatic carbocycles. The Bertz CT molecular complexity index is 926. The minimum atomic E-state index is -4.79. The van der Waals surface area contributed by atoms with E-state index in [1.54, 1.807) is 5.32 Å². The molecule has 0 heterocycles. The zero-order valence-electron chi connectivity index (χ0n) is 12.7. The second-order valence-corrected chi connectivity index (χ2v) is 6.75. The number of carbonyl (C=O) groups excluding carboxylic acids is 2. The van der Waals surface area contributed by atoms with Crippen LogP contribution in [0.4, 0.5) is 28.0 Å². The predicted octanol–water partition coefficient (Wildman–Crippen LogP) is 2.92. The minimum Gasteiger partial charge on any atom is -0.308 e. The summed E-state index contributed by atoms with van der Waals surface area (Å²) in [6.07, 6.45) is 0. The molecular weight excluding hydrogens is 380 g/mol. The van der Waals surface area contributed by atoms with Gasteiger partial charge in [-0.3, -0.25) is 10.1 Å². The minimum absolute atomic E-state index is 0.0440. The molecule has 0 fully saturated rings. The summed E-state index contributed by atoms with van der Waals surface area (Å²) in [4.78, 5) is 22.8. The molecule has 0 bridgehead atoms. The molecule has 11 heteroatoms. The van der Waals surface area contributed by atoms with Crippen LogP contribution in [0.2, 0.25) is 0 Å². The molecule has 0 saturated heterocycles. The number of sulfone groups is 1. The van der Waals surface area contributed by atoms with E-state index in [1.165, 1.54) is 0 Å². The van der Waals surface area contributed by atoms with E-state index in [9.17, 15) is 35.6 Å². The van der Waals surface area contributed by atoms with Gasteiger partial charge in [0.15, 0.2) is 0 Å². The Morgan fingerprint density at radius 1 is 0.923 bits per heavy atom. The van der Waals surface area contributed by atoms with Gasteiger partial charge in [-0.05, 0) is 36.4 Å². The molecular formula is C15H10F4N2O4S. The lowest BCUT2D eigenvalue weighted by atomic mass is 10.2. The lowest BCUT2D eigenvalue weighted by Crippen LogP contribution is -2.35. The summed E-state index contributed by atoms with van der Waals surface area (Å²) < 4.78 is 74.3. The molecule has 0 aromatic heterocycles. The number of carbonyl (C=O) groups is 2. The molecule has 138 valence electrons. The van der Waals surface area contributed by atoms with Crippen molar-refractivity contribution in [2.45, 2.75) is 10.7 Å². The molecule has 0 radical (unpaired) electrons. The van der Waals surface area contributed by atoms with Gasteiger partial charge in [-0.15, -0.1) is 0 Å². The van der Waals surface area contributed by atoms with Crippen molar-refractivity contribution in [2.24, 2.45) is 0 Å². The van der Waals surface area contributed by atoms with Crippen LogP contribution in [0.1, 0.15) is 10.4 Å². The Hall–Kier alpha value is -2.95. The highest BCUT2D eigenvalue weighted by Crippen LogP contribution is 2.20. The SMILES string of the molecule is O=C(NC(=O)c1c(F)cccc1F)Nc1ccc(S(=O)(=O)C(F)F)cc1. The van der Waals surface area contributed by atoms with Crippen LogP contribution < -0.4 is 10.6 Å². The van der Waals surface area contributed by atoms with Crippen molar-refractivity contribution in [2.75, 3.05) is 5.32 Å². The fraction of sp³-hybridized carbons (Fsp3) is 0.0667. The van der Waals surface area contributed by atoms with Gasteiger partial charge in [-0.2, -0.15) is 8.78 Å². The van der Waals surface area contributed by atoms with Crippen molar-refractivity contribution < 1.29 is 35.6 Å². The van der Waals surface area contributed by atoms with Gasteiger partial charge >= 0.3 is 11.8 Å². The molecule has 6 nitrogen and oxygen atoms in total. The third-order valence-electron chi connectivity index (χ3n) is 3.09. The van der Waals surface area contributed by atoms with Crippen LogP contribution in [0.25, 0.3) is 0 Å². The van der Waals surface area contributed by atoms with Crippen molar-refractivity contribution in [1.82, 2.24) is 5.32 Å². The summed E-state index contributed by atoms with van der Waals surface area (Å²) in [7, 11) is -4.79. The topological polar surface area (TPSA) is 92.3 Å². The lowest BCUT2D eigenvalue weighted by Gasteiger charge is -2.09. The van der Waals surface area contributed by atoms with Crippen LogP contribution in [0.3, 0.4) is 0 Å². The highest BCUT2D eigenvalue weighted by Gasteiger charge is 2.26. The van der Waals surface area contributed by atoms with Crippen LogP contribution in [0.5, 0.6) is 0 Å². The summed E-state index contributed by atoms with van der Waals surface area (Å²) >= 11 is 0. The van der Waals surface area contributed by atoms with Crippen LogP contribution >= 0.6 is 0 Å². The van der Waals surface area contributed by atoms with E-state index in [2.05, 4.69) is 5.32 Å². The molecule has 3 amide bonds. The maximum Gasteiger partial charge on any atom is 0.341 e. The van der Waals surface area contributed by atoms with Crippen molar-refractivity contribution in [3.63, 3.8) is 0 Å². The van der Waals surface area contributed by atoms with E-state index in [0.717, 1.165) is 42.5 Å². The fourth-order valence-electron chi connectivity index (χ4n) is 1.87. The first-order valence-electron chi connectivity index (χ1n) is 6.81. The van der Waals surface area contributed by atoms with Crippen LogP contribution in [-0.4, -0.2) is 26.1 Å². The summed E-state index contributed by atoms with van der Waals surface area (Å²) in [5.74, 6) is -7.28. The number of imide groups is 1. The van der Waals surface area contributed by atoms with Crippen molar-refractivity contribution in [3.8, 4) is 0 Å². The number of urea groups is 1. The van der Waals surface area contributed by atoms with Gasteiger partial charge in [-0.25, -0.2) is 22.0 Å². The van der Waals surface area contributed by atoms with E-state index >= 15 is 0 Å². The molecule has 0 atom stereocenters. The number of benzene rings is 2. The van der Waals surface area contributed by atoms with Gasteiger partial charge in [-0.1, -0.05) is 6.07 Å². The molecule has 0 unspecified atom stereocenters. The zero-order valence-corrected chi connectivity index (χ0v) is 13.5. The number of halogens is 4. The average molecular weight is 390 g/mol.